The van der Waals surface area contributed by atoms with Gasteiger partial charge in [-0.1, -0.05) is 13.8 Å². The van der Waals surface area contributed by atoms with Gasteiger partial charge >= 0.3 is 5.97 Å². The van der Waals surface area contributed by atoms with Gasteiger partial charge in [0.2, 0.25) is 5.95 Å². The normalized spacial score (nSPS) is 10.9. The molecule has 0 amide bonds. The number of hydrogen-bond acceptors (Lipinski definition) is 4. The third kappa shape index (κ3) is 2.37. The Hall–Kier alpha value is -2.24. The summed E-state index contributed by atoms with van der Waals surface area (Å²) >= 11 is 0. The minimum absolute atomic E-state index is 0.0220. The highest BCUT2D eigenvalue weighted by atomic mass is 16.4. The summed E-state index contributed by atoms with van der Waals surface area (Å²) in [6, 6.07) is 1.92. The standard InChI is InChI=1S/C12H14N4O2/c1-7(2)9-4-8(3)14-12(15-9)16-5-10(11(17)18)13-6-16/h4-7H,1-3H3,(H,17,18). The van der Waals surface area contributed by atoms with Crippen molar-refractivity contribution in [1.82, 2.24) is 19.5 Å². The van der Waals surface area contributed by atoms with E-state index in [4.69, 9.17) is 5.11 Å². The average molecular weight is 246 g/mol. The summed E-state index contributed by atoms with van der Waals surface area (Å²) in [6.07, 6.45) is 2.81. The van der Waals surface area contributed by atoms with Crippen molar-refractivity contribution in [1.29, 1.82) is 0 Å². The fraction of sp³-hybridized carbons (Fsp3) is 0.333. The van der Waals surface area contributed by atoms with Gasteiger partial charge in [-0.25, -0.2) is 19.7 Å². The Morgan fingerprint density at radius 2 is 2.11 bits per heavy atom. The molecule has 0 aromatic carbocycles. The average Bonchev–Trinajstić information content (AvgIpc) is 2.77. The van der Waals surface area contributed by atoms with E-state index in [2.05, 4.69) is 15.0 Å². The molecule has 0 bridgehead atoms. The number of aromatic carboxylic acids is 1. The molecule has 0 radical (unpaired) electrons. The van der Waals surface area contributed by atoms with Gasteiger partial charge in [0.1, 0.15) is 6.33 Å². The molecule has 0 unspecified atom stereocenters. The lowest BCUT2D eigenvalue weighted by Gasteiger charge is -2.08. The fourth-order valence-corrected chi connectivity index (χ4v) is 1.53. The van der Waals surface area contributed by atoms with E-state index in [9.17, 15) is 4.79 Å². The minimum Gasteiger partial charge on any atom is -0.476 e. The third-order valence-corrected chi connectivity index (χ3v) is 2.49. The molecule has 0 saturated heterocycles. The van der Waals surface area contributed by atoms with Crippen LogP contribution in [0.5, 0.6) is 0 Å². The van der Waals surface area contributed by atoms with Crippen LogP contribution >= 0.6 is 0 Å². The van der Waals surface area contributed by atoms with Gasteiger partial charge in [0.15, 0.2) is 5.69 Å². The van der Waals surface area contributed by atoms with Gasteiger partial charge in [-0.2, -0.15) is 0 Å². The monoisotopic (exact) mass is 246 g/mol. The van der Waals surface area contributed by atoms with Crippen molar-refractivity contribution >= 4 is 5.97 Å². The molecular weight excluding hydrogens is 232 g/mol. The second-order valence-corrected chi connectivity index (χ2v) is 4.36. The van der Waals surface area contributed by atoms with Crippen LogP contribution in [-0.2, 0) is 0 Å². The Morgan fingerprint density at radius 1 is 1.39 bits per heavy atom. The maximum atomic E-state index is 10.8. The molecule has 0 aliphatic heterocycles. The Bertz CT molecular complexity index is 590. The van der Waals surface area contributed by atoms with Crippen molar-refractivity contribution in [2.75, 3.05) is 0 Å². The number of hydrogen-bond donors (Lipinski definition) is 1. The van der Waals surface area contributed by atoms with Gasteiger partial charge < -0.3 is 5.11 Å². The summed E-state index contributed by atoms with van der Waals surface area (Å²) < 4.78 is 1.52. The van der Waals surface area contributed by atoms with E-state index in [1.54, 1.807) is 0 Å². The minimum atomic E-state index is -1.06. The van der Waals surface area contributed by atoms with Crippen LogP contribution in [0.3, 0.4) is 0 Å². The molecule has 2 rings (SSSR count). The molecule has 18 heavy (non-hydrogen) atoms. The van der Waals surface area contributed by atoms with Gasteiger partial charge in [-0.3, -0.25) is 4.57 Å². The Balaban J connectivity index is 2.46. The lowest BCUT2D eigenvalue weighted by molar-refractivity contribution is 0.0691. The van der Waals surface area contributed by atoms with Gasteiger partial charge in [0.25, 0.3) is 0 Å². The summed E-state index contributed by atoms with van der Waals surface area (Å²) in [5, 5.41) is 8.83. The molecule has 0 aliphatic carbocycles. The third-order valence-electron chi connectivity index (χ3n) is 2.49. The van der Waals surface area contributed by atoms with Crippen LogP contribution in [0, 0.1) is 6.92 Å². The first-order chi connectivity index (χ1) is 8.47. The van der Waals surface area contributed by atoms with Gasteiger partial charge in [0, 0.05) is 17.6 Å². The zero-order chi connectivity index (χ0) is 13.3. The maximum Gasteiger partial charge on any atom is 0.356 e. The van der Waals surface area contributed by atoms with Gasteiger partial charge in [0.05, 0.1) is 0 Å². The highest BCUT2D eigenvalue weighted by Crippen LogP contribution is 2.14. The summed E-state index contributed by atoms with van der Waals surface area (Å²) in [5.74, 6) is -0.336. The molecular formula is C12H14N4O2. The highest BCUT2D eigenvalue weighted by molar-refractivity contribution is 5.85. The summed E-state index contributed by atoms with van der Waals surface area (Å²) in [6.45, 7) is 5.97. The molecule has 2 aromatic heterocycles. The lowest BCUT2D eigenvalue weighted by atomic mass is 10.1. The van der Waals surface area contributed by atoms with E-state index in [1.807, 2.05) is 26.8 Å². The van der Waals surface area contributed by atoms with E-state index >= 15 is 0 Å². The number of rotatable bonds is 3. The molecule has 2 heterocycles. The first-order valence-corrected chi connectivity index (χ1v) is 5.60. The van der Waals surface area contributed by atoms with Crippen LogP contribution in [-0.4, -0.2) is 30.6 Å². The molecule has 0 aliphatic rings. The maximum absolute atomic E-state index is 10.8. The Morgan fingerprint density at radius 3 is 2.67 bits per heavy atom. The van der Waals surface area contributed by atoms with E-state index in [0.29, 0.717) is 5.95 Å². The van der Waals surface area contributed by atoms with E-state index in [-0.39, 0.29) is 11.6 Å². The molecule has 6 nitrogen and oxygen atoms in total. The number of aromatic nitrogens is 4. The van der Waals surface area contributed by atoms with Crippen LogP contribution in [0.25, 0.3) is 5.95 Å². The van der Waals surface area contributed by atoms with Crippen molar-refractivity contribution in [2.24, 2.45) is 0 Å². The van der Waals surface area contributed by atoms with E-state index in [1.165, 1.54) is 17.1 Å². The highest BCUT2D eigenvalue weighted by Gasteiger charge is 2.11. The second kappa shape index (κ2) is 4.56. The predicted octanol–water partition coefficient (Wildman–Crippen LogP) is 1.79. The van der Waals surface area contributed by atoms with Crippen molar-refractivity contribution < 1.29 is 9.90 Å². The van der Waals surface area contributed by atoms with Crippen LogP contribution < -0.4 is 0 Å². The molecule has 0 atom stereocenters. The number of carboxylic acid groups (broad SMARTS) is 1. The first-order valence-electron chi connectivity index (χ1n) is 5.60. The summed E-state index contributed by atoms with van der Waals surface area (Å²) in [7, 11) is 0. The van der Waals surface area contributed by atoms with Crippen LogP contribution in [0.2, 0.25) is 0 Å². The van der Waals surface area contributed by atoms with E-state index < -0.39 is 5.97 Å². The molecule has 6 heteroatoms. The molecule has 1 N–H and O–H groups in total. The number of carbonyl (C=O) groups is 1. The van der Waals surface area contributed by atoms with Crippen LogP contribution in [0.4, 0.5) is 0 Å². The van der Waals surface area contributed by atoms with Gasteiger partial charge in [-0.15, -0.1) is 0 Å². The van der Waals surface area contributed by atoms with Crippen molar-refractivity contribution in [2.45, 2.75) is 26.7 Å². The van der Waals surface area contributed by atoms with Crippen LogP contribution in [0.1, 0.15) is 41.6 Å². The summed E-state index contributed by atoms with van der Waals surface area (Å²) in [5.41, 5.74) is 1.74. The number of carboxylic acids is 1. The van der Waals surface area contributed by atoms with Gasteiger partial charge in [-0.05, 0) is 18.9 Å². The topological polar surface area (TPSA) is 80.9 Å². The zero-order valence-electron chi connectivity index (χ0n) is 10.5. The summed E-state index contributed by atoms with van der Waals surface area (Å²) in [4.78, 5) is 23.2. The van der Waals surface area contributed by atoms with Crippen molar-refractivity contribution in [3.63, 3.8) is 0 Å². The fourth-order valence-electron chi connectivity index (χ4n) is 1.53. The Labute approximate surface area is 104 Å². The predicted molar refractivity (Wildman–Crippen MR) is 64.9 cm³/mol. The van der Waals surface area contributed by atoms with Crippen molar-refractivity contribution in [3.8, 4) is 5.95 Å². The molecule has 0 saturated carbocycles. The molecule has 0 spiro atoms. The number of nitrogens with zero attached hydrogens (tertiary/aromatic N) is 4. The second-order valence-electron chi connectivity index (χ2n) is 4.36. The zero-order valence-corrected chi connectivity index (χ0v) is 10.5. The number of aryl methyl sites for hydroxylation is 1. The number of imidazole rings is 1. The van der Waals surface area contributed by atoms with E-state index in [0.717, 1.165) is 11.4 Å². The smallest absolute Gasteiger partial charge is 0.356 e. The molecule has 0 fully saturated rings. The first kappa shape index (κ1) is 12.2. The lowest BCUT2D eigenvalue weighted by Crippen LogP contribution is -2.05. The largest absolute Gasteiger partial charge is 0.476 e. The molecule has 2 aromatic rings. The quantitative estimate of drug-likeness (QED) is 0.892. The SMILES string of the molecule is Cc1cc(C(C)C)nc(-n2cnc(C(=O)O)c2)n1. The Kier molecular flexibility index (Phi) is 3.10. The van der Waals surface area contributed by atoms with Crippen molar-refractivity contribution in [3.05, 3.63) is 35.7 Å². The van der Waals surface area contributed by atoms with Crippen LogP contribution in [0.15, 0.2) is 18.6 Å². The molecule has 94 valence electrons.